The molecular formula is C11H12BrNO4. The number of hydrogen-bond donors (Lipinski definition) is 2. The van der Waals surface area contributed by atoms with Gasteiger partial charge in [0.05, 0.1) is 20.3 Å². The van der Waals surface area contributed by atoms with Gasteiger partial charge in [0, 0.05) is 0 Å². The number of rotatable bonds is 4. The first-order valence-corrected chi connectivity index (χ1v) is 5.51. The minimum absolute atomic E-state index is 0.343. The quantitative estimate of drug-likeness (QED) is 0.821. The Bertz CT molecular complexity index is 419. The predicted molar refractivity (Wildman–Crippen MR) is 63.8 cm³/mol. The summed E-state index contributed by atoms with van der Waals surface area (Å²) in [4.78, 5) is 0. The molecule has 1 aromatic rings. The average Bonchev–Trinajstić information content (AvgIpc) is 2.37. The van der Waals surface area contributed by atoms with Gasteiger partial charge in [-0.15, -0.1) is 0 Å². The van der Waals surface area contributed by atoms with Gasteiger partial charge in [-0.05, 0) is 33.6 Å². The summed E-state index contributed by atoms with van der Waals surface area (Å²) in [5.74, 6) is 0.895. The van der Waals surface area contributed by atoms with E-state index in [1.54, 1.807) is 6.07 Å². The van der Waals surface area contributed by atoms with Crippen LogP contribution in [0.25, 0.3) is 0 Å². The zero-order chi connectivity index (χ0) is 13.0. The fraction of sp³-hybridized carbons (Fsp3) is 0.364. The molecule has 92 valence electrons. The Balaban J connectivity index is 3.22. The first kappa shape index (κ1) is 13.8. The molecule has 2 unspecified atom stereocenters. The molecule has 6 heteroatoms. The molecule has 0 spiro atoms. The van der Waals surface area contributed by atoms with Crippen molar-refractivity contribution in [3.63, 3.8) is 0 Å². The van der Waals surface area contributed by atoms with E-state index in [-0.39, 0.29) is 0 Å². The number of nitriles is 1. The Morgan fingerprint density at radius 1 is 1.24 bits per heavy atom. The summed E-state index contributed by atoms with van der Waals surface area (Å²) in [6, 6.07) is 4.62. The zero-order valence-electron chi connectivity index (χ0n) is 9.35. The summed E-state index contributed by atoms with van der Waals surface area (Å²) in [6.07, 6.45) is -2.80. The topological polar surface area (TPSA) is 82.7 Å². The van der Waals surface area contributed by atoms with Crippen molar-refractivity contribution in [2.24, 2.45) is 0 Å². The smallest absolute Gasteiger partial charge is 0.170 e. The lowest BCUT2D eigenvalue weighted by atomic mass is 10.0. The van der Waals surface area contributed by atoms with Crippen molar-refractivity contribution in [2.45, 2.75) is 12.2 Å². The van der Waals surface area contributed by atoms with Gasteiger partial charge in [0.2, 0.25) is 0 Å². The molecule has 17 heavy (non-hydrogen) atoms. The van der Waals surface area contributed by atoms with Crippen molar-refractivity contribution in [1.29, 1.82) is 5.26 Å². The predicted octanol–water partition coefficient (Wildman–Crippen LogP) is 1.38. The highest BCUT2D eigenvalue weighted by Crippen LogP contribution is 2.37. The van der Waals surface area contributed by atoms with Gasteiger partial charge in [-0.3, -0.25) is 0 Å². The SMILES string of the molecule is COc1cc(C(O)C(O)C#N)cc(OC)c1Br. The van der Waals surface area contributed by atoms with E-state index in [1.165, 1.54) is 26.4 Å². The van der Waals surface area contributed by atoms with Crippen LogP contribution in [0.4, 0.5) is 0 Å². The Labute approximate surface area is 107 Å². The fourth-order valence-electron chi connectivity index (χ4n) is 1.31. The van der Waals surface area contributed by atoms with Crippen LogP contribution in [0.1, 0.15) is 11.7 Å². The summed E-state index contributed by atoms with van der Waals surface area (Å²) < 4.78 is 10.8. The molecule has 0 fully saturated rings. The molecule has 0 saturated heterocycles. The van der Waals surface area contributed by atoms with Crippen molar-refractivity contribution >= 4 is 15.9 Å². The number of aliphatic hydroxyl groups excluding tert-OH is 2. The van der Waals surface area contributed by atoms with Crippen LogP contribution in [0.5, 0.6) is 11.5 Å². The summed E-state index contributed by atoms with van der Waals surface area (Å²) in [6.45, 7) is 0. The van der Waals surface area contributed by atoms with Gasteiger partial charge in [-0.2, -0.15) is 5.26 Å². The normalized spacial score (nSPS) is 13.6. The van der Waals surface area contributed by atoms with E-state index in [0.717, 1.165) is 0 Å². The molecule has 0 heterocycles. The maximum Gasteiger partial charge on any atom is 0.170 e. The third-order valence-corrected chi connectivity index (χ3v) is 3.02. The highest BCUT2D eigenvalue weighted by molar-refractivity contribution is 9.10. The average molecular weight is 302 g/mol. The van der Waals surface area contributed by atoms with Crippen molar-refractivity contribution in [3.8, 4) is 17.6 Å². The van der Waals surface area contributed by atoms with E-state index >= 15 is 0 Å². The van der Waals surface area contributed by atoms with Crippen LogP contribution in [0.3, 0.4) is 0 Å². The van der Waals surface area contributed by atoms with Gasteiger partial charge in [0.15, 0.2) is 6.10 Å². The molecule has 2 N–H and O–H groups in total. The summed E-state index contributed by atoms with van der Waals surface area (Å²) in [7, 11) is 2.94. The molecule has 0 radical (unpaired) electrons. The number of ether oxygens (including phenoxy) is 2. The second-order valence-electron chi connectivity index (χ2n) is 3.26. The first-order chi connectivity index (χ1) is 8.04. The third-order valence-electron chi connectivity index (χ3n) is 2.24. The number of hydrogen-bond acceptors (Lipinski definition) is 5. The van der Waals surface area contributed by atoms with Gasteiger partial charge in [-0.25, -0.2) is 0 Å². The standard InChI is InChI=1S/C11H12BrNO4/c1-16-8-3-6(11(15)7(14)5-13)4-9(17-2)10(8)12/h3-4,7,11,14-15H,1-2H3. The zero-order valence-corrected chi connectivity index (χ0v) is 10.9. The van der Waals surface area contributed by atoms with Crippen molar-refractivity contribution in [1.82, 2.24) is 0 Å². The number of benzene rings is 1. The molecule has 0 aliphatic rings. The molecule has 0 aliphatic heterocycles. The number of aliphatic hydroxyl groups is 2. The fourth-order valence-corrected chi connectivity index (χ4v) is 1.87. The lowest BCUT2D eigenvalue weighted by Gasteiger charge is -2.16. The van der Waals surface area contributed by atoms with Crippen molar-refractivity contribution in [2.75, 3.05) is 14.2 Å². The lowest BCUT2D eigenvalue weighted by Crippen LogP contribution is -2.16. The number of nitrogens with zero attached hydrogens (tertiary/aromatic N) is 1. The molecule has 5 nitrogen and oxygen atoms in total. The van der Waals surface area contributed by atoms with E-state index in [2.05, 4.69) is 15.9 Å². The van der Waals surface area contributed by atoms with Crippen LogP contribution in [0, 0.1) is 11.3 Å². The number of halogens is 1. The van der Waals surface area contributed by atoms with E-state index in [9.17, 15) is 10.2 Å². The van der Waals surface area contributed by atoms with Crippen LogP contribution < -0.4 is 9.47 Å². The second-order valence-corrected chi connectivity index (χ2v) is 4.05. The first-order valence-electron chi connectivity index (χ1n) is 4.72. The van der Waals surface area contributed by atoms with Crippen LogP contribution in [-0.4, -0.2) is 30.5 Å². The Morgan fingerprint density at radius 3 is 2.06 bits per heavy atom. The van der Waals surface area contributed by atoms with Gasteiger partial charge in [0.25, 0.3) is 0 Å². The van der Waals surface area contributed by atoms with E-state index in [1.807, 2.05) is 0 Å². The summed E-state index contributed by atoms with van der Waals surface area (Å²) in [5, 5.41) is 27.5. The molecule has 0 bridgehead atoms. The molecule has 0 saturated carbocycles. The van der Waals surface area contributed by atoms with E-state index in [0.29, 0.717) is 21.5 Å². The largest absolute Gasteiger partial charge is 0.495 e. The molecule has 0 aromatic heterocycles. The Kier molecular flexibility index (Phi) is 4.75. The highest BCUT2D eigenvalue weighted by Gasteiger charge is 2.21. The number of methoxy groups -OCH3 is 2. The van der Waals surface area contributed by atoms with Gasteiger partial charge >= 0.3 is 0 Å². The molecular weight excluding hydrogens is 290 g/mol. The minimum Gasteiger partial charge on any atom is -0.495 e. The molecule has 1 aromatic carbocycles. The highest BCUT2D eigenvalue weighted by atomic mass is 79.9. The maximum atomic E-state index is 9.72. The summed E-state index contributed by atoms with van der Waals surface area (Å²) >= 11 is 3.28. The van der Waals surface area contributed by atoms with E-state index < -0.39 is 12.2 Å². The van der Waals surface area contributed by atoms with Crippen LogP contribution in [0.15, 0.2) is 16.6 Å². The third kappa shape index (κ3) is 2.88. The van der Waals surface area contributed by atoms with Gasteiger partial charge in [0.1, 0.15) is 22.1 Å². The van der Waals surface area contributed by atoms with Crippen LogP contribution >= 0.6 is 15.9 Å². The molecule has 2 atom stereocenters. The van der Waals surface area contributed by atoms with Crippen molar-refractivity contribution in [3.05, 3.63) is 22.2 Å². The Morgan fingerprint density at radius 2 is 1.71 bits per heavy atom. The molecule has 0 aliphatic carbocycles. The van der Waals surface area contributed by atoms with Crippen LogP contribution in [-0.2, 0) is 0 Å². The maximum absolute atomic E-state index is 9.72. The van der Waals surface area contributed by atoms with Gasteiger partial charge < -0.3 is 19.7 Å². The van der Waals surface area contributed by atoms with Crippen LogP contribution in [0.2, 0.25) is 0 Å². The van der Waals surface area contributed by atoms with E-state index in [4.69, 9.17) is 14.7 Å². The molecule has 1 rings (SSSR count). The molecule has 0 amide bonds. The Hall–Kier alpha value is -1.29. The lowest BCUT2D eigenvalue weighted by molar-refractivity contribution is 0.0525. The van der Waals surface area contributed by atoms with Crippen molar-refractivity contribution < 1.29 is 19.7 Å². The van der Waals surface area contributed by atoms with Gasteiger partial charge in [-0.1, -0.05) is 0 Å². The minimum atomic E-state index is -1.49. The second kappa shape index (κ2) is 5.87. The summed E-state index contributed by atoms with van der Waals surface area (Å²) in [5.41, 5.74) is 0.343. The monoisotopic (exact) mass is 301 g/mol.